The molecule has 6 heteroatoms. The lowest BCUT2D eigenvalue weighted by Gasteiger charge is -2.07. The van der Waals surface area contributed by atoms with Crippen molar-refractivity contribution < 1.29 is 19.0 Å². The van der Waals surface area contributed by atoms with Gasteiger partial charge in [0.2, 0.25) is 5.88 Å². The summed E-state index contributed by atoms with van der Waals surface area (Å²) >= 11 is 0. The molecule has 0 radical (unpaired) electrons. The Balaban J connectivity index is 2.41. The molecule has 0 saturated carbocycles. The predicted molar refractivity (Wildman–Crippen MR) is 70.8 cm³/mol. The van der Waals surface area contributed by atoms with Crippen molar-refractivity contribution in [2.45, 2.75) is 19.8 Å². The largest absolute Gasteiger partial charge is 0.481 e. The van der Waals surface area contributed by atoms with Crippen LogP contribution in [0, 0.1) is 12.7 Å². The highest BCUT2D eigenvalue weighted by molar-refractivity contribution is 5.67. The summed E-state index contributed by atoms with van der Waals surface area (Å²) in [5, 5.41) is 13.1. The van der Waals surface area contributed by atoms with Crippen LogP contribution in [-0.4, -0.2) is 28.0 Å². The molecule has 0 unspecified atom stereocenters. The van der Waals surface area contributed by atoms with E-state index in [1.165, 1.54) is 19.2 Å². The molecule has 2 rings (SSSR count). The zero-order valence-electron chi connectivity index (χ0n) is 11.3. The number of halogens is 1. The Hall–Kier alpha value is -2.37. The van der Waals surface area contributed by atoms with Crippen LogP contribution < -0.4 is 4.74 Å². The van der Waals surface area contributed by atoms with E-state index in [0.29, 0.717) is 23.7 Å². The summed E-state index contributed by atoms with van der Waals surface area (Å²) in [6.07, 6.45) is 0.345. The van der Waals surface area contributed by atoms with E-state index in [4.69, 9.17) is 9.84 Å². The Morgan fingerprint density at radius 1 is 1.40 bits per heavy atom. The summed E-state index contributed by atoms with van der Waals surface area (Å²) in [5.41, 5.74) is 2.11. The van der Waals surface area contributed by atoms with Gasteiger partial charge in [0.25, 0.3) is 0 Å². The van der Waals surface area contributed by atoms with Gasteiger partial charge in [-0.3, -0.25) is 4.79 Å². The van der Waals surface area contributed by atoms with Gasteiger partial charge in [0.15, 0.2) is 0 Å². The number of rotatable bonds is 5. The summed E-state index contributed by atoms with van der Waals surface area (Å²) in [5.74, 6) is -0.723. The molecule has 1 N–H and O–H groups in total. The second kappa shape index (κ2) is 5.73. The first-order valence-electron chi connectivity index (χ1n) is 6.13. The number of aryl methyl sites for hydroxylation is 1. The third-order valence-electron chi connectivity index (χ3n) is 2.99. The van der Waals surface area contributed by atoms with E-state index in [2.05, 4.69) is 5.10 Å². The zero-order valence-corrected chi connectivity index (χ0v) is 11.3. The van der Waals surface area contributed by atoms with Crippen LogP contribution in [0.5, 0.6) is 5.88 Å². The first-order valence-corrected chi connectivity index (χ1v) is 6.13. The van der Waals surface area contributed by atoms with Crippen molar-refractivity contribution in [3.05, 3.63) is 41.3 Å². The Morgan fingerprint density at radius 3 is 2.60 bits per heavy atom. The van der Waals surface area contributed by atoms with Gasteiger partial charge in [0, 0.05) is 12.0 Å². The van der Waals surface area contributed by atoms with Crippen molar-refractivity contribution in [1.29, 1.82) is 0 Å². The number of hydrogen-bond donors (Lipinski definition) is 1. The molecule has 5 nitrogen and oxygen atoms in total. The monoisotopic (exact) mass is 278 g/mol. The molecule has 0 atom stereocenters. The number of nitrogens with zero attached hydrogens (tertiary/aromatic N) is 2. The third-order valence-corrected chi connectivity index (χ3v) is 2.99. The molecular formula is C14H15FN2O3. The molecular weight excluding hydrogens is 263 g/mol. The molecule has 0 aliphatic rings. The third kappa shape index (κ3) is 2.79. The Kier molecular flexibility index (Phi) is 4.02. The number of aromatic nitrogens is 2. The van der Waals surface area contributed by atoms with Crippen molar-refractivity contribution >= 4 is 5.97 Å². The molecule has 0 bridgehead atoms. The Morgan fingerprint density at radius 2 is 2.05 bits per heavy atom. The summed E-state index contributed by atoms with van der Waals surface area (Å²) < 4.78 is 19.8. The average Bonchev–Trinajstić information content (AvgIpc) is 2.73. The van der Waals surface area contributed by atoms with Crippen LogP contribution >= 0.6 is 0 Å². The van der Waals surface area contributed by atoms with Gasteiger partial charge in [-0.25, -0.2) is 9.07 Å². The summed E-state index contributed by atoms with van der Waals surface area (Å²) in [6, 6.07) is 5.85. The standard InChI is InChI=1S/C14H15FN2O3/c1-9-12(7-8-13(18)19)14(20-2)17(16-9)11-5-3-10(15)4-6-11/h3-6H,7-8H2,1-2H3,(H,18,19). The fourth-order valence-electron chi connectivity index (χ4n) is 2.03. The van der Waals surface area contributed by atoms with Gasteiger partial charge in [-0.15, -0.1) is 0 Å². The molecule has 2 aromatic rings. The van der Waals surface area contributed by atoms with E-state index in [1.807, 2.05) is 0 Å². The van der Waals surface area contributed by atoms with E-state index in [9.17, 15) is 9.18 Å². The van der Waals surface area contributed by atoms with Crippen LogP contribution in [0.25, 0.3) is 5.69 Å². The maximum absolute atomic E-state index is 13.0. The number of ether oxygens (including phenoxy) is 1. The van der Waals surface area contributed by atoms with Gasteiger partial charge in [0.1, 0.15) is 5.82 Å². The SMILES string of the molecule is COc1c(CCC(=O)O)c(C)nn1-c1ccc(F)cc1. The molecule has 1 aromatic carbocycles. The second-order valence-electron chi connectivity index (χ2n) is 4.36. The van der Waals surface area contributed by atoms with Crippen LogP contribution in [0.15, 0.2) is 24.3 Å². The first kappa shape index (κ1) is 14.0. The van der Waals surface area contributed by atoms with E-state index in [1.54, 1.807) is 23.7 Å². The van der Waals surface area contributed by atoms with Crippen LogP contribution in [-0.2, 0) is 11.2 Å². The minimum atomic E-state index is -0.874. The van der Waals surface area contributed by atoms with E-state index < -0.39 is 5.97 Å². The minimum absolute atomic E-state index is 0.00626. The number of carbonyl (C=O) groups is 1. The second-order valence-corrected chi connectivity index (χ2v) is 4.36. The summed E-state index contributed by atoms with van der Waals surface area (Å²) in [4.78, 5) is 10.7. The quantitative estimate of drug-likeness (QED) is 0.911. The van der Waals surface area contributed by atoms with Crippen molar-refractivity contribution in [3.8, 4) is 11.6 Å². The molecule has 0 spiro atoms. The molecule has 20 heavy (non-hydrogen) atoms. The van der Waals surface area contributed by atoms with Crippen LogP contribution in [0.1, 0.15) is 17.7 Å². The average molecular weight is 278 g/mol. The highest BCUT2D eigenvalue weighted by Gasteiger charge is 2.17. The van der Waals surface area contributed by atoms with Gasteiger partial charge >= 0.3 is 5.97 Å². The first-order chi connectivity index (χ1) is 9.52. The predicted octanol–water partition coefficient (Wildman–Crippen LogP) is 2.35. The van der Waals surface area contributed by atoms with E-state index in [-0.39, 0.29) is 12.2 Å². The number of methoxy groups -OCH3 is 1. The van der Waals surface area contributed by atoms with Crippen molar-refractivity contribution in [1.82, 2.24) is 9.78 Å². The van der Waals surface area contributed by atoms with Gasteiger partial charge < -0.3 is 9.84 Å². The van der Waals surface area contributed by atoms with Crippen LogP contribution in [0.3, 0.4) is 0 Å². The zero-order chi connectivity index (χ0) is 14.7. The molecule has 1 aromatic heterocycles. The summed E-state index contributed by atoms with van der Waals surface area (Å²) in [7, 11) is 1.50. The van der Waals surface area contributed by atoms with Crippen molar-refractivity contribution in [2.24, 2.45) is 0 Å². The maximum atomic E-state index is 13.0. The smallest absolute Gasteiger partial charge is 0.303 e. The lowest BCUT2D eigenvalue weighted by atomic mass is 10.1. The van der Waals surface area contributed by atoms with E-state index in [0.717, 1.165) is 5.56 Å². The van der Waals surface area contributed by atoms with Gasteiger partial charge in [-0.2, -0.15) is 5.10 Å². The Bertz CT molecular complexity index is 620. The topological polar surface area (TPSA) is 64.3 Å². The number of hydrogen-bond acceptors (Lipinski definition) is 3. The Labute approximate surface area is 115 Å². The molecule has 0 saturated heterocycles. The normalized spacial score (nSPS) is 10.6. The van der Waals surface area contributed by atoms with Crippen molar-refractivity contribution in [3.63, 3.8) is 0 Å². The van der Waals surface area contributed by atoms with Gasteiger partial charge in [-0.05, 0) is 37.6 Å². The fraction of sp³-hybridized carbons (Fsp3) is 0.286. The molecule has 0 aliphatic carbocycles. The number of benzene rings is 1. The highest BCUT2D eigenvalue weighted by atomic mass is 19.1. The highest BCUT2D eigenvalue weighted by Crippen LogP contribution is 2.27. The molecule has 0 amide bonds. The van der Waals surface area contributed by atoms with Crippen LogP contribution in [0.2, 0.25) is 0 Å². The fourth-order valence-corrected chi connectivity index (χ4v) is 2.03. The lowest BCUT2D eigenvalue weighted by Crippen LogP contribution is -2.02. The maximum Gasteiger partial charge on any atom is 0.303 e. The molecule has 106 valence electrons. The summed E-state index contributed by atoms with van der Waals surface area (Å²) in [6.45, 7) is 1.79. The van der Waals surface area contributed by atoms with Gasteiger partial charge in [0.05, 0.1) is 18.5 Å². The number of aliphatic carboxylic acids is 1. The lowest BCUT2D eigenvalue weighted by molar-refractivity contribution is -0.136. The van der Waals surface area contributed by atoms with Crippen molar-refractivity contribution in [2.75, 3.05) is 7.11 Å². The van der Waals surface area contributed by atoms with E-state index >= 15 is 0 Å². The molecule has 0 aliphatic heterocycles. The number of carboxylic acids is 1. The minimum Gasteiger partial charge on any atom is -0.481 e. The van der Waals surface area contributed by atoms with Gasteiger partial charge in [-0.1, -0.05) is 0 Å². The number of carboxylic acid groups (broad SMARTS) is 1. The molecule has 1 heterocycles. The molecule has 0 fully saturated rings. The van der Waals surface area contributed by atoms with Crippen LogP contribution in [0.4, 0.5) is 4.39 Å².